The smallest absolute Gasteiger partial charge is 0.288 e. The molecule has 0 aliphatic heterocycles. The van der Waals surface area contributed by atoms with E-state index in [0.29, 0.717) is 33.6 Å². The maximum atomic E-state index is 12.2. The lowest BCUT2D eigenvalue weighted by atomic mass is 10.1. The van der Waals surface area contributed by atoms with Crippen LogP contribution in [0.3, 0.4) is 0 Å². The second kappa shape index (κ2) is 8.44. The van der Waals surface area contributed by atoms with E-state index in [1.54, 1.807) is 36.4 Å². The zero-order valence-corrected chi connectivity index (χ0v) is 13.7. The number of ketones is 1. The first-order valence-electron chi connectivity index (χ1n) is 7.14. The van der Waals surface area contributed by atoms with Crippen molar-refractivity contribution >= 4 is 34.8 Å². The molecule has 0 unspecified atom stereocenters. The van der Waals surface area contributed by atoms with Crippen molar-refractivity contribution in [2.24, 2.45) is 0 Å². The number of alkyl halides is 2. The molecule has 0 atom stereocenters. The van der Waals surface area contributed by atoms with Gasteiger partial charge in [-0.05, 0) is 43.3 Å². The zero-order valence-electron chi connectivity index (χ0n) is 12.9. The number of rotatable bonds is 7. The molecule has 2 aromatic carbocycles. The molecule has 2 rings (SSSR count). The van der Waals surface area contributed by atoms with Crippen LogP contribution in [0, 0.1) is 0 Å². The highest BCUT2D eigenvalue weighted by Gasteiger charge is 2.09. The van der Waals surface area contributed by atoms with Gasteiger partial charge >= 0.3 is 0 Å². The molecular weight excluding hydrogens is 334 g/mol. The topological polar surface area (TPSA) is 58.2 Å². The largest absolute Gasteiger partial charge is 0.376 e. The van der Waals surface area contributed by atoms with Crippen molar-refractivity contribution in [2.75, 3.05) is 17.2 Å². The summed E-state index contributed by atoms with van der Waals surface area (Å²) in [4.78, 5) is 23.9. The van der Waals surface area contributed by atoms with E-state index in [4.69, 9.17) is 0 Å². The van der Waals surface area contributed by atoms with Gasteiger partial charge in [0.25, 0.3) is 5.76 Å². The van der Waals surface area contributed by atoms with Gasteiger partial charge in [0, 0.05) is 21.8 Å². The van der Waals surface area contributed by atoms with E-state index in [-0.39, 0.29) is 18.2 Å². The maximum absolute atomic E-state index is 12.2. The first-order valence-corrected chi connectivity index (χ1v) is 8.02. The van der Waals surface area contributed by atoms with E-state index in [9.17, 15) is 18.4 Å². The molecule has 0 radical (unpaired) electrons. The van der Waals surface area contributed by atoms with Crippen molar-refractivity contribution in [3.8, 4) is 0 Å². The van der Waals surface area contributed by atoms with Crippen molar-refractivity contribution < 1.29 is 18.4 Å². The number of Topliss-reactive ketones (excluding diaryl/α,β-unsaturated/α-hetero) is 1. The minimum atomic E-state index is -2.48. The van der Waals surface area contributed by atoms with E-state index in [2.05, 4.69) is 10.6 Å². The molecule has 0 bridgehead atoms. The number of amides is 1. The van der Waals surface area contributed by atoms with E-state index >= 15 is 0 Å². The van der Waals surface area contributed by atoms with Crippen LogP contribution in [-0.2, 0) is 4.79 Å². The van der Waals surface area contributed by atoms with E-state index in [1.165, 1.54) is 19.1 Å². The van der Waals surface area contributed by atoms with Gasteiger partial charge in [0.15, 0.2) is 5.78 Å². The first-order chi connectivity index (χ1) is 11.5. The minimum Gasteiger partial charge on any atom is -0.376 e. The van der Waals surface area contributed by atoms with Crippen molar-refractivity contribution in [3.63, 3.8) is 0 Å². The zero-order chi connectivity index (χ0) is 17.5. The van der Waals surface area contributed by atoms with E-state index in [1.807, 2.05) is 0 Å². The molecule has 7 heteroatoms. The number of nitrogens with one attached hydrogen (secondary N) is 2. The molecule has 0 aliphatic carbocycles. The van der Waals surface area contributed by atoms with Crippen LogP contribution < -0.4 is 10.6 Å². The molecule has 0 spiro atoms. The van der Waals surface area contributed by atoms with E-state index in [0.717, 1.165) is 0 Å². The van der Waals surface area contributed by atoms with E-state index < -0.39 is 5.76 Å². The molecule has 0 saturated carbocycles. The van der Waals surface area contributed by atoms with Crippen molar-refractivity contribution in [1.29, 1.82) is 0 Å². The lowest BCUT2D eigenvalue weighted by Crippen LogP contribution is -2.22. The van der Waals surface area contributed by atoms with Crippen LogP contribution in [-0.4, -0.2) is 24.0 Å². The number of carbonyl (C=O) groups is 2. The third kappa shape index (κ3) is 5.34. The van der Waals surface area contributed by atoms with Gasteiger partial charge < -0.3 is 10.6 Å². The molecule has 24 heavy (non-hydrogen) atoms. The lowest BCUT2D eigenvalue weighted by Gasteiger charge is -2.11. The summed E-state index contributed by atoms with van der Waals surface area (Å²) in [6, 6.07) is 13.1. The monoisotopic (exact) mass is 350 g/mol. The van der Waals surface area contributed by atoms with Gasteiger partial charge in [-0.1, -0.05) is 23.9 Å². The number of hydrogen-bond acceptors (Lipinski definition) is 4. The van der Waals surface area contributed by atoms with Gasteiger partial charge in [-0.25, -0.2) is 0 Å². The quantitative estimate of drug-likeness (QED) is 0.579. The second-order valence-electron chi connectivity index (χ2n) is 4.91. The Morgan fingerprint density at radius 1 is 1.08 bits per heavy atom. The number of carbonyl (C=O) groups excluding carboxylic acids is 2. The van der Waals surface area contributed by atoms with Gasteiger partial charge in [0.1, 0.15) is 0 Å². The Labute approximate surface area is 142 Å². The average molecular weight is 350 g/mol. The predicted octanol–water partition coefficient (Wildman–Crippen LogP) is 4.25. The number of para-hydroxylation sites is 1. The van der Waals surface area contributed by atoms with Crippen LogP contribution in [0.15, 0.2) is 53.4 Å². The fourth-order valence-corrected chi connectivity index (χ4v) is 2.54. The number of halogens is 2. The second-order valence-corrected chi connectivity index (χ2v) is 5.97. The predicted molar refractivity (Wildman–Crippen MR) is 91.9 cm³/mol. The summed E-state index contributed by atoms with van der Waals surface area (Å²) >= 11 is 0.448. The highest BCUT2D eigenvalue weighted by molar-refractivity contribution is 7.99. The third-order valence-corrected chi connectivity index (χ3v) is 3.83. The summed E-state index contributed by atoms with van der Waals surface area (Å²) in [7, 11) is 0. The van der Waals surface area contributed by atoms with Crippen LogP contribution in [0.4, 0.5) is 20.2 Å². The SMILES string of the molecule is CC(=O)c1ccccc1NCC(=O)Nc1ccc(SC(F)F)cc1. The first kappa shape index (κ1) is 17.9. The summed E-state index contributed by atoms with van der Waals surface area (Å²) in [6.45, 7) is 1.44. The Kier molecular flexibility index (Phi) is 6.31. The Balaban J connectivity index is 1.91. The number of thioether (sulfide) groups is 1. The molecule has 0 saturated heterocycles. The fourth-order valence-electron chi connectivity index (χ4n) is 2.04. The van der Waals surface area contributed by atoms with Crippen LogP contribution in [0.25, 0.3) is 0 Å². The Bertz CT molecular complexity index is 721. The molecule has 126 valence electrons. The molecule has 2 N–H and O–H groups in total. The molecule has 0 aliphatic rings. The van der Waals surface area contributed by atoms with Gasteiger partial charge in [0.2, 0.25) is 5.91 Å². The minimum absolute atomic E-state index is 0.0160. The van der Waals surface area contributed by atoms with Crippen molar-refractivity contribution in [2.45, 2.75) is 17.6 Å². The molecule has 2 aromatic rings. The van der Waals surface area contributed by atoms with Crippen molar-refractivity contribution in [1.82, 2.24) is 0 Å². The van der Waals surface area contributed by atoms with Crippen LogP contribution in [0.2, 0.25) is 0 Å². The third-order valence-electron chi connectivity index (χ3n) is 3.11. The van der Waals surface area contributed by atoms with Crippen LogP contribution in [0.1, 0.15) is 17.3 Å². The van der Waals surface area contributed by atoms with Gasteiger partial charge in [0.05, 0.1) is 6.54 Å². The molecule has 0 heterocycles. The number of hydrogen-bond donors (Lipinski definition) is 2. The number of anilines is 2. The Morgan fingerprint density at radius 2 is 1.75 bits per heavy atom. The molecular formula is C17H16F2N2O2S. The highest BCUT2D eigenvalue weighted by Crippen LogP contribution is 2.26. The summed E-state index contributed by atoms with van der Waals surface area (Å²) in [5, 5.41) is 5.57. The molecule has 1 amide bonds. The molecule has 0 fully saturated rings. The Hall–Kier alpha value is -2.41. The van der Waals surface area contributed by atoms with Gasteiger partial charge in [-0.2, -0.15) is 8.78 Å². The summed E-state index contributed by atoms with van der Waals surface area (Å²) < 4.78 is 24.5. The summed E-state index contributed by atoms with van der Waals surface area (Å²) in [5.74, 6) is -2.87. The average Bonchev–Trinajstić information content (AvgIpc) is 2.54. The molecule has 4 nitrogen and oxygen atoms in total. The molecule has 0 aromatic heterocycles. The number of benzene rings is 2. The van der Waals surface area contributed by atoms with Crippen LogP contribution in [0.5, 0.6) is 0 Å². The van der Waals surface area contributed by atoms with Crippen molar-refractivity contribution in [3.05, 3.63) is 54.1 Å². The maximum Gasteiger partial charge on any atom is 0.288 e. The normalized spacial score (nSPS) is 10.5. The van der Waals surface area contributed by atoms with Gasteiger partial charge in [-0.15, -0.1) is 0 Å². The van der Waals surface area contributed by atoms with Gasteiger partial charge in [-0.3, -0.25) is 9.59 Å². The highest BCUT2D eigenvalue weighted by atomic mass is 32.2. The standard InChI is InChI=1S/C17H16F2N2O2S/c1-11(22)14-4-2-3-5-15(14)20-10-16(23)21-12-6-8-13(9-7-12)24-17(18)19/h2-9,17,20H,10H2,1H3,(H,21,23). The lowest BCUT2D eigenvalue weighted by molar-refractivity contribution is -0.114. The Morgan fingerprint density at radius 3 is 2.38 bits per heavy atom. The summed E-state index contributed by atoms with van der Waals surface area (Å²) in [5.41, 5.74) is 1.61. The fraction of sp³-hybridized carbons (Fsp3) is 0.176. The summed E-state index contributed by atoms with van der Waals surface area (Å²) in [6.07, 6.45) is 0. The van der Waals surface area contributed by atoms with Crippen LogP contribution >= 0.6 is 11.8 Å².